The van der Waals surface area contributed by atoms with E-state index in [-0.39, 0.29) is 10.6 Å². The Bertz CT molecular complexity index is 1050. The van der Waals surface area contributed by atoms with Crippen LogP contribution in [0.2, 0.25) is 5.02 Å². The van der Waals surface area contributed by atoms with E-state index >= 15 is 0 Å². The summed E-state index contributed by atoms with van der Waals surface area (Å²) in [5.41, 5.74) is 4.66. The Hall–Kier alpha value is -3.05. The third-order valence-electron chi connectivity index (χ3n) is 4.39. The number of benzene rings is 2. The molecule has 0 radical (unpaired) electrons. The quantitative estimate of drug-likeness (QED) is 0.552. The maximum Gasteiger partial charge on any atom is 0.337 e. The number of ether oxygens (including phenoxy) is 1. The van der Waals surface area contributed by atoms with E-state index < -0.39 is 5.97 Å². The van der Waals surface area contributed by atoms with Gasteiger partial charge in [0.1, 0.15) is 5.75 Å². The van der Waals surface area contributed by atoms with Crippen LogP contribution < -0.4 is 4.74 Å². The molecular formula is C22H21ClN2O3. The standard InChI is InChI=1S/C22H21ClN2O3/c1-4-28-19-7-5-6-17(11-19)24-13-16-10-14(2)25(15(16)3)18-8-9-20(22(26)27)21(23)12-18/h5-13H,4H2,1-3H3,(H,26,27). The largest absolute Gasteiger partial charge is 0.494 e. The molecule has 0 saturated heterocycles. The molecule has 28 heavy (non-hydrogen) atoms. The SMILES string of the molecule is CCOc1cccc(N=Cc2cc(C)n(-c3ccc(C(=O)O)c(Cl)c3)c2C)c1. The van der Waals surface area contributed by atoms with Gasteiger partial charge < -0.3 is 14.4 Å². The molecule has 1 heterocycles. The van der Waals surface area contributed by atoms with Crippen molar-refractivity contribution in [1.29, 1.82) is 0 Å². The van der Waals surface area contributed by atoms with Crippen molar-refractivity contribution >= 4 is 29.5 Å². The van der Waals surface area contributed by atoms with E-state index in [4.69, 9.17) is 21.4 Å². The first-order valence-corrected chi connectivity index (χ1v) is 9.27. The summed E-state index contributed by atoms with van der Waals surface area (Å²) in [6, 6.07) is 14.6. The van der Waals surface area contributed by atoms with Crippen molar-refractivity contribution < 1.29 is 14.6 Å². The smallest absolute Gasteiger partial charge is 0.337 e. The van der Waals surface area contributed by atoms with Crippen LogP contribution in [-0.2, 0) is 0 Å². The lowest BCUT2D eigenvalue weighted by atomic mass is 10.2. The highest BCUT2D eigenvalue weighted by Gasteiger charge is 2.13. The molecule has 0 aliphatic heterocycles. The summed E-state index contributed by atoms with van der Waals surface area (Å²) < 4.78 is 7.53. The summed E-state index contributed by atoms with van der Waals surface area (Å²) in [5, 5.41) is 9.36. The topological polar surface area (TPSA) is 63.8 Å². The Morgan fingerprint density at radius 2 is 2.00 bits per heavy atom. The molecule has 6 heteroatoms. The van der Waals surface area contributed by atoms with Crippen molar-refractivity contribution in [3.63, 3.8) is 0 Å². The van der Waals surface area contributed by atoms with Crippen LogP contribution in [0.1, 0.15) is 34.2 Å². The van der Waals surface area contributed by atoms with Crippen LogP contribution in [0.4, 0.5) is 5.69 Å². The molecule has 0 aliphatic rings. The minimum Gasteiger partial charge on any atom is -0.494 e. The molecule has 1 N–H and O–H groups in total. The minimum absolute atomic E-state index is 0.0869. The molecule has 144 valence electrons. The predicted octanol–water partition coefficient (Wildman–Crippen LogP) is 5.60. The fourth-order valence-corrected chi connectivity index (χ4v) is 3.35. The zero-order valence-corrected chi connectivity index (χ0v) is 16.7. The predicted molar refractivity (Wildman–Crippen MR) is 112 cm³/mol. The first-order chi connectivity index (χ1) is 13.4. The molecule has 3 aromatic rings. The van der Waals surface area contributed by atoms with Crippen molar-refractivity contribution in [3.8, 4) is 11.4 Å². The monoisotopic (exact) mass is 396 g/mol. The Morgan fingerprint density at radius 3 is 2.68 bits per heavy atom. The van der Waals surface area contributed by atoms with E-state index in [0.29, 0.717) is 6.61 Å². The second-order valence-corrected chi connectivity index (χ2v) is 6.73. The highest BCUT2D eigenvalue weighted by molar-refractivity contribution is 6.33. The molecule has 0 amide bonds. The first-order valence-electron chi connectivity index (χ1n) is 8.89. The number of aromatic carboxylic acids is 1. The van der Waals surface area contributed by atoms with Gasteiger partial charge in [0.05, 0.1) is 22.9 Å². The Labute approximate surface area is 168 Å². The highest BCUT2D eigenvalue weighted by atomic mass is 35.5. The fourth-order valence-electron chi connectivity index (χ4n) is 3.10. The summed E-state index contributed by atoms with van der Waals surface area (Å²) in [7, 11) is 0. The molecule has 0 spiro atoms. The fraction of sp³-hybridized carbons (Fsp3) is 0.182. The van der Waals surface area contributed by atoms with Gasteiger partial charge in [0.25, 0.3) is 0 Å². The molecule has 0 fully saturated rings. The van der Waals surface area contributed by atoms with Crippen molar-refractivity contribution in [2.24, 2.45) is 4.99 Å². The van der Waals surface area contributed by atoms with Gasteiger partial charge in [0, 0.05) is 34.9 Å². The van der Waals surface area contributed by atoms with Crippen LogP contribution in [0.5, 0.6) is 5.75 Å². The van der Waals surface area contributed by atoms with Crippen LogP contribution in [-0.4, -0.2) is 28.5 Å². The van der Waals surface area contributed by atoms with E-state index in [2.05, 4.69) is 4.99 Å². The number of halogens is 1. The maximum absolute atomic E-state index is 11.2. The summed E-state index contributed by atoms with van der Waals surface area (Å²) in [4.78, 5) is 15.7. The van der Waals surface area contributed by atoms with E-state index in [1.54, 1.807) is 12.1 Å². The summed E-state index contributed by atoms with van der Waals surface area (Å²) in [6.45, 7) is 6.53. The number of carboxylic acid groups (broad SMARTS) is 1. The number of aliphatic imine (C=N–C) groups is 1. The zero-order valence-electron chi connectivity index (χ0n) is 15.9. The number of hydrogen-bond donors (Lipinski definition) is 1. The minimum atomic E-state index is -1.04. The van der Waals surface area contributed by atoms with E-state index in [0.717, 1.165) is 34.1 Å². The van der Waals surface area contributed by atoms with Gasteiger partial charge in [0.15, 0.2) is 0 Å². The zero-order chi connectivity index (χ0) is 20.3. The van der Waals surface area contributed by atoms with E-state index in [1.165, 1.54) is 6.07 Å². The van der Waals surface area contributed by atoms with Crippen molar-refractivity contribution in [2.45, 2.75) is 20.8 Å². The van der Waals surface area contributed by atoms with Crippen LogP contribution in [0, 0.1) is 13.8 Å². The van der Waals surface area contributed by atoms with Crippen molar-refractivity contribution in [1.82, 2.24) is 4.57 Å². The average molecular weight is 397 g/mol. The molecule has 0 saturated carbocycles. The molecule has 1 aromatic heterocycles. The van der Waals surface area contributed by atoms with E-state index in [9.17, 15) is 4.79 Å². The number of carboxylic acids is 1. The summed E-state index contributed by atoms with van der Waals surface area (Å²) in [5.74, 6) is -0.254. The number of hydrogen-bond acceptors (Lipinski definition) is 3. The Balaban J connectivity index is 1.93. The maximum atomic E-state index is 11.2. The normalized spacial score (nSPS) is 11.1. The Kier molecular flexibility index (Phi) is 5.85. The Morgan fingerprint density at radius 1 is 1.21 bits per heavy atom. The van der Waals surface area contributed by atoms with E-state index in [1.807, 2.05) is 61.9 Å². The first kappa shape index (κ1) is 19.7. The number of nitrogens with zero attached hydrogens (tertiary/aromatic N) is 2. The summed E-state index contributed by atoms with van der Waals surface area (Å²) in [6.07, 6.45) is 1.82. The number of aryl methyl sites for hydroxylation is 1. The van der Waals surface area contributed by atoms with Crippen LogP contribution in [0.25, 0.3) is 5.69 Å². The lowest BCUT2D eigenvalue weighted by molar-refractivity contribution is 0.0697. The molecule has 0 unspecified atom stereocenters. The van der Waals surface area contributed by atoms with Gasteiger partial charge in [-0.15, -0.1) is 0 Å². The summed E-state index contributed by atoms with van der Waals surface area (Å²) >= 11 is 6.14. The van der Waals surface area contributed by atoms with Gasteiger partial charge in [-0.05, 0) is 57.2 Å². The highest BCUT2D eigenvalue weighted by Crippen LogP contribution is 2.26. The van der Waals surface area contributed by atoms with Gasteiger partial charge >= 0.3 is 5.97 Å². The second kappa shape index (κ2) is 8.31. The molecular weight excluding hydrogens is 376 g/mol. The number of rotatable bonds is 6. The van der Waals surface area contributed by atoms with Crippen molar-refractivity contribution in [3.05, 3.63) is 76.1 Å². The number of carbonyl (C=O) groups is 1. The molecule has 0 bridgehead atoms. The molecule has 0 aliphatic carbocycles. The van der Waals surface area contributed by atoms with Gasteiger partial charge in [-0.2, -0.15) is 0 Å². The van der Waals surface area contributed by atoms with Crippen LogP contribution >= 0.6 is 11.6 Å². The lowest BCUT2D eigenvalue weighted by Gasteiger charge is -2.11. The van der Waals surface area contributed by atoms with Gasteiger partial charge in [-0.3, -0.25) is 4.99 Å². The third-order valence-corrected chi connectivity index (χ3v) is 4.71. The van der Waals surface area contributed by atoms with Crippen molar-refractivity contribution in [2.75, 3.05) is 6.61 Å². The van der Waals surface area contributed by atoms with Gasteiger partial charge in [-0.1, -0.05) is 17.7 Å². The second-order valence-electron chi connectivity index (χ2n) is 6.32. The lowest BCUT2D eigenvalue weighted by Crippen LogP contribution is -2.02. The average Bonchev–Trinajstić information content (AvgIpc) is 2.93. The molecule has 5 nitrogen and oxygen atoms in total. The number of aromatic nitrogens is 1. The van der Waals surface area contributed by atoms with Gasteiger partial charge in [0.2, 0.25) is 0 Å². The van der Waals surface area contributed by atoms with Gasteiger partial charge in [-0.25, -0.2) is 4.79 Å². The van der Waals surface area contributed by atoms with Crippen LogP contribution in [0.15, 0.2) is 53.5 Å². The molecule has 2 aromatic carbocycles. The third kappa shape index (κ3) is 4.10. The molecule has 3 rings (SSSR count). The van der Waals surface area contributed by atoms with Crippen LogP contribution in [0.3, 0.4) is 0 Å². The molecule has 0 atom stereocenters.